The van der Waals surface area contributed by atoms with Crippen molar-refractivity contribution in [3.05, 3.63) is 29.8 Å². The number of ether oxygens (including phenoxy) is 1. The van der Waals surface area contributed by atoms with E-state index in [9.17, 15) is 0 Å². The van der Waals surface area contributed by atoms with E-state index >= 15 is 0 Å². The highest BCUT2D eigenvalue weighted by Gasteiger charge is 2.34. The van der Waals surface area contributed by atoms with Crippen LogP contribution in [0.25, 0.3) is 0 Å². The van der Waals surface area contributed by atoms with Gasteiger partial charge in [0.05, 0.1) is 7.11 Å². The summed E-state index contributed by atoms with van der Waals surface area (Å²) in [5, 5.41) is 3.49. The highest BCUT2D eigenvalue weighted by molar-refractivity contribution is 5.35. The van der Waals surface area contributed by atoms with Gasteiger partial charge in [0.1, 0.15) is 5.75 Å². The van der Waals surface area contributed by atoms with Crippen LogP contribution in [0.4, 0.5) is 0 Å². The Morgan fingerprint density at radius 1 is 1.44 bits per heavy atom. The molecule has 2 heteroatoms. The lowest BCUT2D eigenvalue weighted by Gasteiger charge is -2.28. The van der Waals surface area contributed by atoms with Crippen molar-refractivity contribution in [3.63, 3.8) is 0 Å². The van der Waals surface area contributed by atoms with Crippen molar-refractivity contribution in [1.29, 1.82) is 0 Å². The Hall–Kier alpha value is -1.02. The smallest absolute Gasteiger partial charge is 0.119 e. The molecule has 0 bridgehead atoms. The highest BCUT2D eigenvalue weighted by Crippen LogP contribution is 2.36. The van der Waals surface area contributed by atoms with Gasteiger partial charge < -0.3 is 10.1 Å². The molecule has 0 aliphatic carbocycles. The second kappa shape index (κ2) is 4.88. The fourth-order valence-corrected chi connectivity index (χ4v) is 2.78. The zero-order chi connectivity index (χ0) is 11.4. The maximum absolute atomic E-state index is 5.32. The average Bonchev–Trinajstić information content (AvgIpc) is 2.80. The van der Waals surface area contributed by atoms with Crippen LogP contribution in [0, 0.1) is 0 Å². The fraction of sp³-hybridized carbons (Fsp3) is 0.571. The second-order valence-electron chi connectivity index (χ2n) is 4.69. The largest absolute Gasteiger partial charge is 0.497 e. The maximum Gasteiger partial charge on any atom is 0.119 e. The molecule has 0 spiro atoms. The van der Waals surface area contributed by atoms with E-state index in [4.69, 9.17) is 4.74 Å². The SMILES string of the molecule is CCC[C@]1(c2cccc(OC)c2)CCNC1. The quantitative estimate of drug-likeness (QED) is 0.840. The molecule has 1 saturated heterocycles. The summed E-state index contributed by atoms with van der Waals surface area (Å²) in [4.78, 5) is 0. The Kier molecular flexibility index (Phi) is 3.49. The molecule has 1 aromatic carbocycles. The average molecular weight is 219 g/mol. The molecule has 0 saturated carbocycles. The van der Waals surface area contributed by atoms with Crippen molar-refractivity contribution < 1.29 is 4.74 Å². The first-order valence-corrected chi connectivity index (χ1v) is 6.16. The van der Waals surface area contributed by atoms with E-state index in [0.717, 1.165) is 18.8 Å². The van der Waals surface area contributed by atoms with Crippen LogP contribution in [-0.2, 0) is 5.41 Å². The predicted molar refractivity (Wildman–Crippen MR) is 67.1 cm³/mol. The molecule has 1 atom stereocenters. The Morgan fingerprint density at radius 3 is 2.94 bits per heavy atom. The maximum atomic E-state index is 5.32. The number of methoxy groups -OCH3 is 1. The summed E-state index contributed by atoms with van der Waals surface area (Å²) in [7, 11) is 1.73. The number of hydrogen-bond acceptors (Lipinski definition) is 2. The third kappa shape index (κ3) is 2.07. The van der Waals surface area contributed by atoms with Gasteiger partial charge in [0.15, 0.2) is 0 Å². The third-order valence-electron chi connectivity index (χ3n) is 3.65. The summed E-state index contributed by atoms with van der Waals surface area (Å²) < 4.78 is 5.32. The Morgan fingerprint density at radius 2 is 2.31 bits per heavy atom. The van der Waals surface area contributed by atoms with Gasteiger partial charge in [-0.15, -0.1) is 0 Å². The van der Waals surface area contributed by atoms with E-state index in [1.54, 1.807) is 7.11 Å². The van der Waals surface area contributed by atoms with Crippen LogP contribution in [-0.4, -0.2) is 20.2 Å². The summed E-state index contributed by atoms with van der Waals surface area (Å²) in [5.74, 6) is 0.972. The molecular formula is C14H21NO. The summed E-state index contributed by atoms with van der Waals surface area (Å²) >= 11 is 0. The molecule has 1 fully saturated rings. The summed E-state index contributed by atoms with van der Waals surface area (Å²) in [6.07, 6.45) is 3.74. The minimum Gasteiger partial charge on any atom is -0.497 e. The van der Waals surface area contributed by atoms with Crippen LogP contribution in [0.15, 0.2) is 24.3 Å². The third-order valence-corrected chi connectivity index (χ3v) is 3.65. The first kappa shape index (κ1) is 11.5. The van der Waals surface area contributed by atoms with Gasteiger partial charge >= 0.3 is 0 Å². The predicted octanol–water partition coefficient (Wildman–Crippen LogP) is 2.73. The first-order chi connectivity index (χ1) is 7.80. The Balaban J connectivity index is 2.30. The number of hydrogen-bond donors (Lipinski definition) is 1. The van der Waals surface area contributed by atoms with E-state index in [-0.39, 0.29) is 0 Å². The molecule has 16 heavy (non-hydrogen) atoms. The molecular weight excluding hydrogens is 198 g/mol. The van der Waals surface area contributed by atoms with Gasteiger partial charge in [-0.25, -0.2) is 0 Å². The molecule has 1 aliphatic heterocycles. The summed E-state index contributed by atoms with van der Waals surface area (Å²) in [6, 6.07) is 8.56. The zero-order valence-electron chi connectivity index (χ0n) is 10.3. The molecule has 1 aliphatic rings. The van der Waals surface area contributed by atoms with Gasteiger partial charge in [0.25, 0.3) is 0 Å². The van der Waals surface area contributed by atoms with Crippen LogP contribution >= 0.6 is 0 Å². The van der Waals surface area contributed by atoms with Gasteiger partial charge in [-0.05, 0) is 37.1 Å². The lowest BCUT2D eigenvalue weighted by atomic mass is 9.76. The van der Waals surface area contributed by atoms with Crippen molar-refractivity contribution in [3.8, 4) is 5.75 Å². The Bertz CT molecular complexity index is 342. The van der Waals surface area contributed by atoms with Gasteiger partial charge in [0, 0.05) is 12.0 Å². The second-order valence-corrected chi connectivity index (χ2v) is 4.69. The van der Waals surface area contributed by atoms with Crippen molar-refractivity contribution in [2.75, 3.05) is 20.2 Å². The molecule has 1 heterocycles. The normalized spacial score (nSPS) is 24.6. The molecule has 0 aromatic heterocycles. The standard InChI is InChI=1S/C14H21NO/c1-3-7-14(8-9-15-11-14)12-5-4-6-13(10-12)16-2/h4-6,10,15H,3,7-9,11H2,1-2H3/t14-/m0/s1. The van der Waals surface area contributed by atoms with Crippen LogP contribution in [0.2, 0.25) is 0 Å². The van der Waals surface area contributed by atoms with Crippen LogP contribution in [0.5, 0.6) is 5.75 Å². The van der Waals surface area contributed by atoms with E-state index in [1.165, 1.54) is 24.8 Å². The van der Waals surface area contributed by atoms with Gasteiger partial charge in [-0.3, -0.25) is 0 Å². The van der Waals surface area contributed by atoms with Crippen LogP contribution in [0.1, 0.15) is 31.7 Å². The lowest BCUT2D eigenvalue weighted by molar-refractivity contribution is 0.402. The van der Waals surface area contributed by atoms with Gasteiger partial charge in [-0.1, -0.05) is 25.5 Å². The molecule has 0 unspecified atom stereocenters. The number of benzene rings is 1. The number of nitrogens with one attached hydrogen (secondary N) is 1. The highest BCUT2D eigenvalue weighted by atomic mass is 16.5. The molecule has 2 rings (SSSR count). The molecule has 2 nitrogen and oxygen atoms in total. The minimum absolute atomic E-state index is 0.337. The van der Waals surface area contributed by atoms with E-state index in [0.29, 0.717) is 5.41 Å². The first-order valence-electron chi connectivity index (χ1n) is 6.16. The van der Waals surface area contributed by atoms with E-state index in [1.807, 2.05) is 6.07 Å². The molecule has 1 aromatic rings. The topological polar surface area (TPSA) is 21.3 Å². The van der Waals surface area contributed by atoms with Crippen molar-refractivity contribution >= 4 is 0 Å². The van der Waals surface area contributed by atoms with Crippen LogP contribution < -0.4 is 10.1 Å². The molecule has 0 amide bonds. The fourth-order valence-electron chi connectivity index (χ4n) is 2.78. The molecule has 88 valence electrons. The lowest BCUT2D eigenvalue weighted by Crippen LogP contribution is -2.28. The molecule has 0 radical (unpaired) electrons. The molecule has 1 N–H and O–H groups in total. The van der Waals surface area contributed by atoms with Crippen LogP contribution in [0.3, 0.4) is 0 Å². The Labute approximate surface area is 98.0 Å². The number of rotatable bonds is 4. The monoisotopic (exact) mass is 219 g/mol. The zero-order valence-corrected chi connectivity index (χ0v) is 10.3. The van der Waals surface area contributed by atoms with Crippen molar-refractivity contribution in [1.82, 2.24) is 5.32 Å². The summed E-state index contributed by atoms with van der Waals surface area (Å²) in [5.41, 5.74) is 1.77. The van der Waals surface area contributed by atoms with Gasteiger partial charge in [0.2, 0.25) is 0 Å². The van der Waals surface area contributed by atoms with Gasteiger partial charge in [-0.2, -0.15) is 0 Å². The van der Waals surface area contributed by atoms with Crippen molar-refractivity contribution in [2.24, 2.45) is 0 Å². The van der Waals surface area contributed by atoms with E-state index < -0.39 is 0 Å². The van der Waals surface area contributed by atoms with Crippen molar-refractivity contribution in [2.45, 2.75) is 31.6 Å². The summed E-state index contributed by atoms with van der Waals surface area (Å²) in [6.45, 7) is 4.51. The van der Waals surface area contributed by atoms with E-state index in [2.05, 4.69) is 30.4 Å². The minimum atomic E-state index is 0.337.